The van der Waals surface area contributed by atoms with E-state index in [-0.39, 0.29) is 0 Å². The highest BCUT2D eigenvalue weighted by molar-refractivity contribution is 5.71. The van der Waals surface area contributed by atoms with Crippen molar-refractivity contribution < 1.29 is 9.47 Å². The molecule has 2 rings (SSSR count). The minimum absolute atomic E-state index is 0.454. The molecule has 0 unspecified atom stereocenters. The maximum atomic E-state index is 4.96. The van der Waals surface area contributed by atoms with Gasteiger partial charge in [0, 0.05) is 6.07 Å². The van der Waals surface area contributed by atoms with Crippen LogP contribution in [0.25, 0.3) is 11.2 Å². The fourth-order valence-electron chi connectivity index (χ4n) is 1.06. The molecule has 0 radical (unpaired) electrons. The summed E-state index contributed by atoms with van der Waals surface area (Å²) in [4.78, 5) is 11.1. The molecule has 0 atom stereocenters. The van der Waals surface area contributed by atoms with Crippen molar-refractivity contribution in [2.75, 3.05) is 14.2 Å². The topological polar surface area (TPSA) is 60.0 Å². The summed E-state index contributed by atoms with van der Waals surface area (Å²) >= 11 is 0. The third kappa shape index (κ3) is 1.28. The molecule has 2 aromatic heterocycles. The van der Waals surface area contributed by atoms with E-state index in [2.05, 4.69) is 15.0 Å². The molecule has 0 saturated heterocycles. The van der Waals surface area contributed by atoms with Crippen LogP contribution in [0.5, 0.6) is 11.9 Å². The van der Waals surface area contributed by atoms with Crippen LogP contribution in [0.15, 0.2) is 12.1 Å². The van der Waals surface area contributed by atoms with Crippen LogP contribution in [-0.4, -0.2) is 29.2 Å². The van der Waals surface area contributed by atoms with Gasteiger partial charge >= 0.3 is 0 Å². The van der Waals surface area contributed by atoms with Crippen LogP contribution < -0.4 is 9.47 Å². The van der Waals surface area contributed by atoms with Crippen LogP contribution in [0.1, 0.15) is 0 Å². The second-order valence-corrected chi connectivity index (χ2v) is 2.47. The Bertz CT molecular complexity index is 422. The van der Waals surface area contributed by atoms with E-state index >= 15 is 0 Å². The number of pyridine rings is 1. The van der Waals surface area contributed by atoms with Crippen LogP contribution in [-0.2, 0) is 0 Å². The SMILES string of the molecule is COc1ccc2[nH]c(OC)nc2n1. The monoisotopic (exact) mass is 179 g/mol. The maximum Gasteiger partial charge on any atom is 0.295 e. The summed E-state index contributed by atoms with van der Waals surface area (Å²) < 4.78 is 9.88. The van der Waals surface area contributed by atoms with E-state index in [1.54, 1.807) is 20.3 Å². The molecule has 0 aliphatic rings. The highest BCUT2D eigenvalue weighted by atomic mass is 16.5. The molecule has 5 nitrogen and oxygen atoms in total. The minimum Gasteiger partial charge on any atom is -0.481 e. The van der Waals surface area contributed by atoms with Gasteiger partial charge < -0.3 is 14.5 Å². The summed E-state index contributed by atoms with van der Waals surface area (Å²) in [6.07, 6.45) is 0. The van der Waals surface area contributed by atoms with Crippen molar-refractivity contribution in [2.24, 2.45) is 0 Å². The minimum atomic E-state index is 0.454. The van der Waals surface area contributed by atoms with Gasteiger partial charge in [0.1, 0.15) is 0 Å². The first-order valence-electron chi connectivity index (χ1n) is 3.78. The van der Waals surface area contributed by atoms with Crippen LogP contribution in [0, 0.1) is 0 Å². The van der Waals surface area contributed by atoms with Crippen LogP contribution in [0.3, 0.4) is 0 Å². The van der Waals surface area contributed by atoms with Crippen molar-refractivity contribution in [3.05, 3.63) is 12.1 Å². The molecule has 2 aromatic rings. The first-order valence-corrected chi connectivity index (χ1v) is 3.78. The van der Waals surface area contributed by atoms with E-state index in [0.717, 1.165) is 5.52 Å². The Balaban J connectivity index is 2.57. The number of nitrogens with one attached hydrogen (secondary N) is 1. The van der Waals surface area contributed by atoms with Crippen molar-refractivity contribution in [1.82, 2.24) is 15.0 Å². The number of ether oxygens (including phenoxy) is 2. The van der Waals surface area contributed by atoms with Gasteiger partial charge in [0.15, 0.2) is 5.65 Å². The molecule has 2 heterocycles. The van der Waals surface area contributed by atoms with E-state index in [1.165, 1.54) is 0 Å². The zero-order valence-electron chi connectivity index (χ0n) is 7.37. The van der Waals surface area contributed by atoms with Crippen molar-refractivity contribution in [1.29, 1.82) is 0 Å². The van der Waals surface area contributed by atoms with Crippen LogP contribution in [0.2, 0.25) is 0 Å². The van der Waals surface area contributed by atoms with Crippen molar-refractivity contribution >= 4 is 11.2 Å². The number of aromatic amines is 1. The van der Waals surface area contributed by atoms with E-state index < -0.39 is 0 Å². The first-order chi connectivity index (χ1) is 6.33. The predicted octanol–water partition coefficient (Wildman–Crippen LogP) is 0.975. The average molecular weight is 179 g/mol. The smallest absolute Gasteiger partial charge is 0.295 e. The van der Waals surface area contributed by atoms with Gasteiger partial charge in [-0.2, -0.15) is 9.97 Å². The fourth-order valence-corrected chi connectivity index (χ4v) is 1.06. The van der Waals surface area contributed by atoms with Crippen molar-refractivity contribution in [3.63, 3.8) is 0 Å². The van der Waals surface area contributed by atoms with Gasteiger partial charge in [0.2, 0.25) is 5.88 Å². The Hall–Kier alpha value is -1.78. The average Bonchev–Trinajstić information content (AvgIpc) is 2.58. The molecule has 0 aliphatic carbocycles. The number of nitrogens with zero attached hydrogens (tertiary/aromatic N) is 2. The molecule has 0 spiro atoms. The van der Waals surface area contributed by atoms with Crippen LogP contribution >= 0.6 is 0 Å². The second-order valence-electron chi connectivity index (χ2n) is 2.47. The molecule has 1 N–H and O–H groups in total. The molecule has 0 saturated carbocycles. The van der Waals surface area contributed by atoms with E-state index in [1.807, 2.05) is 6.07 Å². The molecule has 5 heteroatoms. The lowest BCUT2D eigenvalue weighted by Gasteiger charge is -1.94. The fraction of sp³-hybridized carbons (Fsp3) is 0.250. The predicted molar refractivity (Wildman–Crippen MR) is 47.0 cm³/mol. The zero-order chi connectivity index (χ0) is 9.26. The van der Waals surface area contributed by atoms with Crippen molar-refractivity contribution in [3.8, 4) is 11.9 Å². The Labute approximate surface area is 74.7 Å². The highest BCUT2D eigenvalue weighted by Crippen LogP contribution is 2.16. The second kappa shape index (κ2) is 2.93. The van der Waals surface area contributed by atoms with E-state index in [9.17, 15) is 0 Å². The summed E-state index contributed by atoms with van der Waals surface area (Å²) in [5.41, 5.74) is 1.42. The molecule has 68 valence electrons. The number of fused-ring (bicyclic) bond motifs is 1. The normalized spacial score (nSPS) is 10.3. The van der Waals surface area contributed by atoms with E-state index in [0.29, 0.717) is 17.5 Å². The Morgan fingerprint density at radius 3 is 2.69 bits per heavy atom. The van der Waals surface area contributed by atoms with Gasteiger partial charge in [-0.3, -0.25) is 0 Å². The summed E-state index contributed by atoms with van der Waals surface area (Å²) in [6, 6.07) is 4.06. The van der Waals surface area contributed by atoms with Crippen molar-refractivity contribution in [2.45, 2.75) is 0 Å². The first kappa shape index (κ1) is 7.85. The number of rotatable bonds is 2. The summed E-state index contributed by atoms with van der Waals surface area (Å²) in [7, 11) is 3.12. The number of methoxy groups -OCH3 is 2. The molecule has 0 amide bonds. The third-order valence-corrected chi connectivity index (χ3v) is 1.70. The molecule has 0 fully saturated rings. The largest absolute Gasteiger partial charge is 0.481 e. The maximum absolute atomic E-state index is 4.96. The Kier molecular flexibility index (Phi) is 1.77. The molecular formula is C8H9N3O2. The van der Waals surface area contributed by atoms with Gasteiger partial charge in [-0.15, -0.1) is 0 Å². The van der Waals surface area contributed by atoms with Gasteiger partial charge in [-0.05, 0) is 6.07 Å². The molecule has 0 bridgehead atoms. The zero-order valence-corrected chi connectivity index (χ0v) is 7.37. The molecule has 13 heavy (non-hydrogen) atoms. The van der Waals surface area contributed by atoms with Gasteiger partial charge in [0.25, 0.3) is 6.01 Å². The highest BCUT2D eigenvalue weighted by Gasteiger charge is 2.04. The van der Waals surface area contributed by atoms with Gasteiger partial charge in [0.05, 0.1) is 19.7 Å². The Morgan fingerprint density at radius 2 is 2.00 bits per heavy atom. The summed E-state index contributed by atoms with van der Waals surface area (Å²) in [5.74, 6) is 0.543. The lowest BCUT2D eigenvalue weighted by Crippen LogP contribution is -1.86. The lowest BCUT2D eigenvalue weighted by atomic mass is 10.4. The molecule has 0 aliphatic heterocycles. The number of hydrogen-bond donors (Lipinski definition) is 1. The van der Waals surface area contributed by atoms with Gasteiger partial charge in [-0.1, -0.05) is 0 Å². The number of H-pyrrole nitrogens is 1. The summed E-state index contributed by atoms with van der Waals surface area (Å²) in [5, 5.41) is 0. The standard InChI is InChI=1S/C8H9N3O2/c1-12-6-4-3-5-7(10-6)11-8(9-5)13-2/h3-4H,1-2H3,(H,9,10,11). The molecule has 0 aromatic carbocycles. The quantitative estimate of drug-likeness (QED) is 0.746. The number of imidazole rings is 1. The lowest BCUT2D eigenvalue weighted by molar-refractivity contribution is 0.385. The Morgan fingerprint density at radius 1 is 1.15 bits per heavy atom. The summed E-state index contributed by atoms with van der Waals surface area (Å²) in [6.45, 7) is 0. The van der Waals surface area contributed by atoms with E-state index in [4.69, 9.17) is 9.47 Å². The van der Waals surface area contributed by atoms with Gasteiger partial charge in [-0.25, -0.2) is 0 Å². The number of hydrogen-bond acceptors (Lipinski definition) is 4. The van der Waals surface area contributed by atoms with Crippen LogP contribution in [0.4, 0.5) is 0 Å². The number of aromatic nitrogens is 3. The third-order valence-electron chi connectivity index (χ3n) is 1.70. The molecular weight excluding hydrogens is 170 g/mol.